The maximum Gasteiger partial charge on any atom is 0.188 e. The quantitative estimate of drug-likeness (QED) is 0.504. The molecule has 3 atom stereocenters. The number of hydrogen-bond acceptors (Lipinski definition) is 5. The molecule has 8 heteroatoms. The predicted molar refractivity (Wildman–Crippen MR) is 126 cm³/mol. The van der Waals surface area contributed by atoms with Gasteiger partial charge in [0.1, 0.15) is 11.6 Å². The summed E-state index contributed by atoms with van der Waals surface area (Å²) >= 11 is 1.55. The molecule has 1 aromatic carbocycles. The van der Waals surface area contributed by atoms with Gasteiger partial charge in [-0.05, 0) is 85.5 Å². The summed E-state index contributed by atoms with van der Waals surface area (Å²) in [7, 11) is 0. The van der Waals surface area contributed by atoms with Gasteiger partial charge in [-0.1, -0.05) is 23.5 Å². The van der Waals surface area contributed by atoms with Gasteiger partial charge < -0.3 is 10.6 Å². The summed E-state index contributed by atoms with van der Waals surface area (Å²) in [6, 6.07) is 10.8. The normalized spacial score (nSPS) is 22.1. The van der Waals surface area contributed by atoms with Crippen LogP contribution in [0.15, 0.2) is 48.8 Å². The van der Waals surface area contributed by atoms with Crippen LogP contribution in [0.25, 0.3) is 10.4 Å². The molecule has 1 aliphatic carbocycles. The van der Waals surface area contributed by atoms with Gasteiger partial charge in [-0.3, -0.25) is 0 Å². The number of nitrogens with zero attached hydrogens (tertiary/aromatic N) is 2. The van der Waals surface area contributed by atoms with Crippen LogP contribution in [0.1, 0.15) is 18.4 Å². The van der Waals surface area contributed by atoms with Crippen molar-refractivity contribution in [3.8, 4) is 10.4 Å². The minimum atomic E-state index is -0.227. The first-order chi connectivity index (χ1) is 13.7. The van der Waals surface area contributed by atoms with Crippen LogP contribution in [0, 0.1) is 23.6 Å². The van der Waals surface area contributed by atoms with E-state index in [-0.39, 0.29) is 30.6 Å². The zero-order valence-corrected chi connectivity index (χ0v) is 18.8. The third-order valence-corrected chi connectivity index (χ3v) is 7.06. The standard InChI is InChI=1S/C22H23FN4S.2ClH/c23-18-5-3-15(4-6-18)20-13-26-22(28-20)27-21-10-14(7-8-25-21)9-16-1-2-17-11-24-12-19(16)17;;/h3-8,10,13,16-17,19,24H,1-2,9,11-12H2,(H,25,26,27);2*1H. The van der Waals surface area contributed by atoms with E-state index in [1.54, 1.807) is 23.5 Å². The molecule has 3 aromatic rings. The monoisotopic (exact) mass is 466 g/mol. The molecular weight excluding hydrogens is 442 g/mol. The second-order valence-electron chi connectivity index (χ2n) is 7.83. The van der Waals surface area contributed by atoms with Crippen molar-refractivity contribution >= 4 is 47.1 Å². The average molecular weight is 467 g/mol. The molecule has 0 spiro atoms. The van der Waals surface area contributed by atoms with Gasteiger partial charge in [-0.25, -0.2) is 14.4 Å². The Balaban J connectivity index is 0.00000128. The molecule has 1 saturated heterocycles. The van der Waals surface area contributed by atoms with Crippen LogP contribution in [0.2, 0.25) is 0 Å². The van der Waals surface area contributed by atoms with E-state index < -0.39 is 0 Å². The molecular formula is C22H25Cl2FN4S. The molecule has 5 rings (SSSR count). The molecule has 1 aliphatic heterocycles. The number of anilines is 2. The Kier molecular flexibility index (Phi) is 7.69. The topological polar surface area (TPSA) is 49.8 Å². The van der Waals surface area contributed by atoms with Crippen molar-refractivity contribution in [3.05, 3.63) is 60.2 Å². The van der Waals surface area contributed by atoms with Crippen LogP contribution in [-0.2, 0) is 6.42 Å². The fourth-order valence-corrected chi connectivity index (χ4v) is 5.51. The minimum Gasteiger partial charge on any atom is -0.316 e. The van der Waals surface area contributed by atoms with Crippen LogP contribution < -0.4 is 10.6 Å². The van der Waals surface area contributed by atoms with Gasteiger partial charge in [-0.2, -0.15) is 0 Å². The van der Waals surface area contributed by atoms with E-state index in [0.717, 1.165) is 45.6 Å². The Labute approximate surface area is 192 Å². The molecule has 0 amide bonds. The molecule has 160 valence electrons. The Morgan fingerprint density at radius 3 is 2.73 bits per heavy atom. The van der Waals surface area contributed by atoms with Crippen LogP contribution in [0.3, 0.4) is 0 Å². The molecule has 0 radical (unpaired) electrons. The van der Waals surface area contributed by atoms with E-state index in [0.29, 0.717) is 0 Å². The fraction of sp³-hybridized carbons (Fsp3) is 0.364. The Morgan fingerprint density at radius 1 is 1.07 bits per heavy atom. The molecule has 2 aliphatic rings. The maximum atomic E-state index is 13.1. The van der Waals surface area contributed by atoms with Gasteiger partial charge in [0.15, 0.2) is 5.13 Å². The largest absolute Gasteiger partial charge is 0.316 e. The SMILES string of the molecule is Cl.Cl.Fc1ccc(-c2cnc(Nc3cc(CC4CCC5CNCC54)ccn3)s2)cc1. The van der Waals surface area contributed by atoms with E-state index in [1.807, 2.05) is 12.4 Å². The number of aromatic nitrogens is 2. The van der Waals surface area contributed by atoms with Crippen LogP contribution in [0.5, 0.6) is 0 Å². The van der Waals surface area contributed by atoms with Crippen molar-refractivity contribution in [2.45, 2.75) is 19.3 Å². The summed E-state index contributed by atoms with van der Waals surface area (Å²) in [5.74, 6) is 3.10. The number of pyridine rings is 1. The number of benzene rings is 1. The van der Waals surface area contributed by atoms with E-state index in [2.05, 4.69) is 32.7 Å². The van der Waals surface area contributed by atoms with Gasteiger partial charge in [0.05, 0.1) is 4.88 Å². The number of rotatable bonds is 5. The molecule has 2 fully saturated rings. The lowest BCUT2D eigenvalue weighted by Gasteiger charge is -2.18. The van der Waals surface area contributed by atoms with Gasteiger partial charge in [0, 0.05) is 12.4 Å². The molecule has 3 heterocycles. The Bertz CT molecular complexity index is 966. The highest BCUT2D eigenvalue weighted by Crippen LogP contribution is 2.41. The van der Waals surface area contributed by atoms with Gasteiger partial charge >= 0.3 is 0 Å². The maximum absolute atomic E-state index is 13.1. The summed E-state index contributed by atoms with van der Waals surface area (Å²) in [6.45, 7) is 2.38. The lowest BCUT2D eigenvalue weighted by Crippen LogP contribution is -2.17. The molecule has 2 aromatic heterocycles. The van der Waals surface area contributed by atoms with E-state index in [1.165, 1.54) is 43.6 Å². The molecule has 3 unspecified atom stereocenters. The summed E-state index contributed by atoms with van der Waals surface area (Å²) in [5, 5.41) is 7.67. The lowest BCUT2D eigenvalue weighted by atomic mass is 9.88. The lowest BCUT2D eigenvalue weighted by molar-refractivity contribution is 0.374. The van der Waals surface area contributed by atoms with Crippen molar-refractivity contribution in [1.29, 1.82) is 0 Å². The van der Waals surface area contributed by atoms with Crippen molar-refractivity contribution < 1.29 is 4.39 Å². The van der Waals surface area contributed by atoms with Gasteiger partial charge in [0.25, 0.3) is 0 Å². The van der Waals surface area contributed by atoms with Crippen molar-refractivity contribution in [2.24, 2.45) is 17.8 Å². The molecule has 0 bridgehead atoms. The number of halogens is 3. The third kappa shape index (κ3) is 4.94. The molecule has 1 saturated carbocycles. The third-order valence-electron chi connectivity index (χ3n) is 6.10. The van der Waals surface area contributed by atoms with E-state index >= 15 is 0 Å². The van der Waals surface area contributed by atoms with E-state index in [9.17, 15) is 4.39 Å². The zero-order chi connectivity index (χ0) is 18.9. The Hall–Kier alpha value is -1.73. The first-order valence-corrected chi connectivity index (χ1v) is 10.7. The van der Waals surface area contributed by atoms with Crippen molar-refractivity contribution in [3.63, 3.8) is 0 Å². The van der Waals surface area contributed by atoms with Crippen molar-refractivity contribution in [1.82, 2.24) is 15.3 Å². The summed E-state index contributed by atoms with van der Waals surface area (Å²) in [5.41, 5.74) is 2.31. The highest BCUT2D eigenvalue weighted by Gasteiger charge is 2.38. The second kappa shape index (κ2) is 10.1. The molecule has 2 N–H and O–H groups in total. The summed E-state index contributed by atoms with van der Waals surface area (Å²) in [6.07, 6.45) is 7.53. The zero-order valence-electron chi connectivity index (χ0n) is 16.4. The highest BCUT2D eigenvalue weighted by molar-refractivity contribution is 7.18. The number of thiazole rings is 1. The molecule has 30 heavy (non-hydrogen) atoms. The fourth-order valence-electron chi connectivity index (χ4n) is 4.68. The molecule has 4 nitrogen and oxygen atoms in total. The minimum absolute atomic E-state index is 0. The second-order valence-corrected chi connectivity index (χ2v) is 8.87. The highest BCUT2D eigenvalue weighted by atomic mass is 35.5. The van der Waals surface area contributed by atoms with Gasteiger partial charge in [0.2, 0.25) is 0 Å². The smallest absolute Gasteiger partial charge is 0.188 e. The summed E-state index contributed by atoms with van der Waals surface area (Å²) in [4.78, 5) is 9.92. The number of nitrogens with one attached hydrogen (secondary N) is 2. The number of hydrogen-bond donors (Lipinski definition) is 2. The van der Waals surface area contributed by atoms with Crippen LogP contribution in [-0.4, -0.2) is 23.1 Å². The first kappa shape index (κ1) is 22.9. The predicted octanol–water partition coefficient (Wildman–Crippen LogP) is 5.72. The van der Waals surface area contributed by atoms with Crippen LogP contribution >= 0.6 is 36.2 Å². The number of fused-ring (bicyclic) bond motifs is 1. The Morgan fingerprint density at radius 2 is 1.90 bits per heavy atom. The van der Waals surface area contributed by atoms with Crippen molar-refractivity contribution in [2.75, 3.05) is 18.4 Å². The van der Waals surface area contributed by atoms with E-state index in [4.69, 9.17) is 0 Å². The average Bonchev–Trinajstić information content (AvgIpc) is 3.42. The summed E-state index contributed by atoms with van der Waals surface area (Å²) < 4.78 is 13.1. The van der Waals surface area contributed by atoms with Crippen LogP contribution in [0.4, 0.5) is 15.3 Å². The van der Waals surface area contributed by atoms with Gasteiger partial charge in [-0.15, -0.1) is 24.8 Å². The first-order valence-electron chi connectivity index (χ1n) is 9.89.